The zero-order chi connectivity index (χ0) is 19.6. The number of amides is 1. The lowest BCUT2D eigenvalue weighted by Gasteiger charge is -2.15. The predicted octanol–water partition coefficient (Wildman–Crippen LogP) is 5.06. The number of aliphatic imine (C=N–C) groups is 1. The van der Waals surface area contributed by atoms with Crippen LogP contribution in [-0.2, 0) is 17.0 Å². The van der Waals surface area contributed by atoms with Gasteiger partial charge in [-0.05, 0) is 25.8 Å². The van der Waals surface area contributed by atoms with Crippen LogP contribution >= 0.6 is 11.8 Å². The van der Waals surface area contributed by atoms with Crippen LogP contribution in [-0.4, -0.2) is 16.7 Å². The van der Waals surface area contributed by atoms with Crippen LogP contribution in [0, 0.1) is 0 Å². The maximum atomic E-state index is 12.5. The zero-order valence-corrected chi connectivity index (χ0v) is 17.2. The van der Waals surface area contributed by atoms with Crippen LogP contribution < -0.4 is 5.32 Å². The van der Waals surface area contributed by atoms with E-state index in [9.17, 15) is 4.79 Å². The number of nitrogens with one attached hydrogen (secondary N) is 1. The Morgan fingerprint density at radius 2 is 2.04 bits per heavy atom. The fourth-order valence-electron chi connectivity index (χ4n) is 2.53. The van der Waals surface area contributed by atoms with E-state index in [0.29, 0.717) is 17.5 Å². The summed E-state index contributed by atoms with van der Waals surface area (Å²) >= 11 is 1.61. The average molecular weight is 386 g/mol. The first-order chi connectivity index (χ1) is 13.0. The Morgan fingerprint density at radius 1 is 1.30 bits per heavy atom. The number of rotatable bonds is 8. The van der Waals surface area contributed by atoms with Gasteiger partial charge in [0.1, 0.15) is 11.6 Å². The molecule has 1 unspecified atom stereocenters. The van der Waals surface area contributed by atoms with Crippen molar-refractivity contribution in [3.05, 3.63) is 64.8 Å². The maximum absolute atomic E-state index is 12.5. The predicted molar refractivity (Wildman–Crippen MR) is 112 cm³/mol. The van der Waals surface area contributed by atoms with Gasteiger partial charge in [-0.3, -0.25) is 4.79 Å². The molecule has 0 saturated heterocycles. The first-order valence-electron chi connectivity index (χ1n) is 9.16. The summed E-state index contributed by atoms with van der Waals surface area (Å²) in [6, 6.07) is 9.81. The minimum absolute atomic E-state index is 0.0319. The molecule has 1 N–H and O–H groups in total. The van der Waals surface area contributed by atoms with E-state index in [2.05, 4.69) is 15.3 Å². The van der Waals surface area contributed by atoms with Crippen molar-refractivity contribution < 1.29 is 9.21 Å². The SMILES string of the molecule is CCc1cnc(CS/C(C)=C/N=C(C)NC(=O)C(CC)c2ccccc2)o1. The Bertz CT molecular complexity index is 797. The Hall–Kier alpha value is -2.34. The molecule has 1 heterocycles. The molecular formula is C21H27N3O2S. The molecule has 2 rings (SSSR count). The molecule has 6 heteroatoms. The van der Waals surface area contributed by atoms with Gasteiger partial charge in [-0.15, -0.1) is 11.8 Å². The van der Waals surface area contributed by atoms with Gasteiger partial charge in [0, 0.05) is 17.5 Å². The molecule has 0 aliphatic heterocycles. The molecule has 0 spiro atoms. The minimum atomic E-state index is -0.173. The Balaban J connectivity index is 1.89. The van der Waals surface area contributed by atoms with E-state index in [-0.39, 0.29) is 11.8 Å². The molecule has 0 fully saturated rings. The maximum Gasteiger partial charge on any atom is 0.232 e. The Kier molecular flexibility index (Phi) is 8.33. The summed E-state index contributed by atoms with van der Waals surface area (Å²) in [5, 5.41) is 2.90. The lowest BCUT2D eigenvalue weighted by molar-refractivity contribution is -0.121. The fourth-order valence-corrected chi connectivity index (χ4v) is 3.15. The van der Waals surface area contributed by atoms with E-state index in [0.717, 1.165) is 29.1 Å². The number of nitrogens with zero attached hydrogens (tertiary/aromatic N) is 2. The number of hydrogen-bond acceptors (Lipinski definition) is 5. The van der Waals surface area contributed by atoms with E-state index in [1.807, 2.05) is 51.1 Å². The molecule has 0 bridgehead atoms. The first-order valence-corrected chi connectivity index (χ1v) is 10.1. The van der Waals surface area contributed by atoms with Gasteiger partial charge in [-0.1, -0.05) is 44.2 Å². The second-order valence-corrected chi connectivity index (χ2v) is 7.40. The van der Waals surface area contributed by atoms with Crippen molar-refractivity contribution in [3.8, 4) is 0 Å². The highest BCUT2D eigenvalue weighted by Gasteiger charge is 2.18. The number of allylic oxidation sites excluding steroid dienone is 1. The monoisotopic (exact) mass is 385 g/mol. The summed E-state index contributed by atoms with van der Waals surface area (Å²) in [4.78, 5) is 22.2. The molecule has 0 saturated carbocycles. The van der Waals surface area contributed by atoms with E-state index in [1.165, 1.54) is 0 Å². The summed E-state index contributed by atoms with van der Waals surface area (Å²) in [5.41, 5.74) is 1.02. The van der Waals surface area contributed by atoms with Crippen molar-refractivity contribution in [2.45, 2.75) is 52.2 Å². The largest absolute Gasteiger partial charge is 0.445 e. The third-order valence-electron chi connectivity index (χ3n) is 4.04. The summed E-state index contributed by atoms with van der Waals surface area (Å²) in [6.07, 6.45) is 5.11. The Morgan fingerprint density at radius 3 is 2.67 bits per heavy atom. The number of thioether (sulfide) groups is 1. The van der Waals surface area contributed by atoms with Crippen LogP contribution in [0.25, 0.3) is 0 Å². The van der Waals surface area contributed by atoms with E-state index in [4.69, 9.17) is 4.42 Å². The third-order valence-corrected chi connectivity index (χ3v) is 5.00. The molecule has 27 heavy (non-hydrogen) atoms. The molecule has 144 valence electrons. The third kappa shape index (κ3) is 6.71. The molecular weight excluding hydrogens is 358 g/mol. The summed E-state index contributed by atoms with van der Waals surface area (Å²) in [5.74, 6) is 2.65. The van der Waals surface area contributed by atoms with Gasteiger partial charge < -0.3 is 9.73 Å². The average Bonchev–Trinajstić information content (AvgIpc) is 3.14. The molecule has 1 atom stereocenters. The van der Waals surface area contributed by atoms with Crippen LogP contribution in [0.1, 0.15) is 57.2 Å². The standard InChI is InChI=1S/C21H27N3O2S/c1-5-18-13-23-20(26-18)14-27-15(3)12-22-16(4)24-21(25)19(6-2)17-10-8-7-9-11-17/h7-13,19H,5-6,14H2,1-4H3,(H,22,24,25)/b15-12+. The molecule has 0 aliphatic rings. The first kappa shape index (κ1) is 21.0. The Labute approximate surface area is 165 Å². The number of oxazole rings is 1. The van der Waals surface area contributed by atoms with Gasteiger partial charge >= 0.3 is 0 Å². The van der Waals surface area contributed by atoms with Gasteiger partial charge in [0.05, 0.1) is 17.9 Å². The van der Waals surface area contributed by atoms with Crippen molar-refractivity contribution in [1.29, 1.82) is 0 Å². The van der Waals surface area contributed by atoms with Crippen LogP contribution in [0.15, 0.2) is 57.0 Å². The van der Waals surface area contributed by atoms with E-state index >= 15 is 0 Å². The van der Waals surface area contributed by atoms with Crippen molar-refractivity contribution in [2.75, 3.05) is 0 Å². The van der Waals surface area contributed by atoms with Crippen LogP contribution in [0.2, 0.25) is 0 Å². The lowest BCUT2D eigenvalue weighted by Crippen LogP contribution is -2.32. The molecule has 1 aromatic carbocycles. The number of carbonyl (C=O) groups is 1. The van der Waals surface area contributed by atoms with Gasteiger partial charge in [-0.2, -0.15) is 0 Å². The van der Waals surface area contributed by atoms with Gasteiger partial charge in [0.2, 0.25) is 11.8 Å². The molecule has 2 aromatic rings. The highest BCUT2D eigenvalue weighted by molar-refractivity contribution is 8.02. The number of amidine groups is 1. The molecule has 1 amide bonds. The fraction of sp³-hybridized carbons (Fsp3) is 0.381. The van der Waals surface area contributed by atoms with Gasteiger partial charge in [0.25, 0.3) is 0 Å². The normalized spacial score (nSPS) is 13.5. The molecule has 0 aliphatic carbocycles. The van der Waals surface area contributed by atoms with Crippen LogP contribution in [0.3, 0.4) is 0 Å². The van der Waals surface area contributed by atoms with Crippen molar-refractivity contribution in [3.63, 3.8) is 0 Å². The van der Waals surface area contributed by atoms with Crippen molar-refractivity contribution in [2.24, 2.45) is 4.99 Å². The summed E-state index contributed by atoms with van der Waals surface area (Å²) < 4.78 is 5.59. The quantitative estimate of drug-likeness (QED) is 0.509. The minimum Gasteiger partial charge on any atom is -0.445 e. The number of aromatic nitrogens is 1. The second-order valence-electron chi connectivity index (χ2n) is 6.18. The van der Waals surface area contributed by atoms with Gasteiger partial charge in [0.15, 0.2) is 0 Å². The van der Waals surface area contributed by atoms with E-state index in [1.54, 1.807) is 31.1 Å². The topological polar surface area (TPSA) is 67.5 Å². The smallest absolute Gasteiger partial charge is 0.232 e. The highest BCUT2D eigenvalue weighted by atomic mass is 32.2. The molecule has 1 aromatic heterocycles. The van der Waals surface area contributed by atoms with Crippen LogP contribution in [0.4, 0.5) is 0 Å². The summed E-state index contributed by atoms with van der Waals surface area (Å²) in [7, 11) is 0. The van der Waals surface area contributed by atoms with Crippen molar-refractivity contribution >= 4 is 23.5 Å². The number of benzene rings is 1. The number of carbonyl (C=O) groups excluding carboxylic acids is 1. The molecule has 5 nitrogen and oxygen atoms in total. The number of aryl methyl sites for hydroxylation is 1. The number of hydrogen-bond donors (Lipinski definition) is 1. The molecule has 0 radical (unpaired) electrons. The lowest BCUT2D eigenvalue weighted by atomic mass is 9.96. The summed E-state index contributed by atoms with van der Waals surface area (Å²) in [6.45, 7) is 7.82. The zero-order valence-electron chi connectivity index (χ0n) is 16.4. The van der Waals surface area contributed by atoms with Crippen LogP contribution in [0.5, 0.6) is 0 Å². The van der Waals surface area contributed by atoms with Gasteiger partial charge in [-0.25, -0.2) is 9.98 Å². The van der Waals surface area contributed by atoms with Crippen molar-refractivity contribution in [1.82, 2.24) is 10.3 Å². The van der Waals surface area contributed by atoms with E-state index < -0.39 is 0 Å². The highest BCUT2D eigenvalue weighted by Crippen LogP contribution is 2.21. The second kappa shape index (κ2) is 10.7.